The number of allylic oxidation sites excluding steroid dienone is 4. The van der Waals surface area contributed by atoms with Gasteiger partial charge in [-0.15, -0.1) is 21.4 Å². The zero-order valence-electron chi connectivity index (χ0n) is 14.7. The second-order valence-corrected chi connectivity index (χ2v) is 6.74. The molecule has 1 rings (SSSR count). The fraction of sp³-hybridized carbons (Fsp3) is 0.429. The number of benzene rings is 1. The van der Waals surface area contributed by atoms with Crippen LogP contribution in [0.3, 0.4) is 0 Å². The summed E-state index contributed by atoms with van der Waals surface area (Å²) >= 11 is 0. The Morgan fingerprint density at radius 2 is 1.73 bits per heavy atom. The van der Waals surface area contributed by atoms with E-state index in [0.717, 1.165) is 8.58 Å². The lowest BCUT2D eigenvalue weighted by Gasteiger charge is -2.07. The molecule has 0 spiro atoms. The molecule has 0 amide bonds. The highest BCUT2D eigenvalue weighted by atomic mass is 31.1. The average molecular weight is 314 g/mol. The molecule has 0 aromatic heterocycles. The zero-order chi connectivity index (χ0) is 16.8. The molecule has 1 atom stereocenters. The van der Waals surface area contributed by atoms with Crippen LogP contribution in [0, 0.1) is 12.8 Å². The maximum Gasteiger partial charge on any atom is -0.0101 e. The average Bonchev–Trinajstić information content (AvgIpc) is 2.56. The molecule has 0 nitrogen and oxygen atoms in total. The number of hydrogen-bond donors (Lipinski definition) is 0. The molecule has 1 unspecified atom stereocenters. The number of hydrogen-bond acceptors (Lipinski definition) is 0. The highest BCUT2D eigenvalue weighted by Crippen LogP contribution is 2.23. The van der Waals surface area contributed by atoms with Crippen molar-refractivity contribution in [3.63, 3.8) is 0 Å². The monoisotopic (exact) mass is 314 g/mol. The second kappa shape index (κ2) is 13.4. The third-order valence-corrected chi connectivity index (χ3v) is 5.05. The van der Waals surface area contributed by atoms with Gasteiger partial charge in [0.15, 0.2) is 0 Å². The van der Waals surface area contributed by atoms with Crippen LogP contribution >= 0.6 is 8.58 Å². The van der Waals surface area contributed by atoms with Crippen LogP contribution in [0.4, 0.5) is 0 Å². The predicted octanol–water partition coefficient (Wildman–Crippen LogP) is 6.67. The fourth-order valence-corrected chi connectivity index (χ4v) is 3.41. The molecule has 1 heteroatoms. The fourth-order valence-electron chi connectivity index (χ4n) is 2.21. The van der Waals surface area contributed by atoms with E-state index in [1.165, 1.54) is 53.9 Å². The van der Waals surface area contributed by atoms with E-state index >= 15 is 0 Å². The Bertz CT molecular complexity index is 474. The molecule has 0 aliphatic rings. The van der Waals surface area contributed by atoms with Crippen LogP contribution < -0.4 is 0 Å². The van der Waals surface area contributed by atoms with Gasteiger partial charge >= 0.3 is 0 Å². The summed E-state index contributed by atoms with van der Waals surface area (Å²) < 4.78 is 0. The number of unbranched alkanes of at least 4 members (excludes halogenated alkanes) is 2. The van der Waals surface area contributed by atoms with Gasteiger partial charge in [0, 0.05) is 0 Å². The van der Waals surface area contributed by atoms with Gasteiger partial charge in [-0.3, -0.25) is 0 Å². The molecule has 0 radical (unpaired) electrons. The summed E-state index contributed by atoms with van der Waals surface area (Å²) in [6.45, 7) is 8.72. The molecule has 0 heterocycles. The first-order valence-electron chi connectivity index (χ1n) is 8.12. The van der Waals surface area contributed by atoms with Crippen molar-refractivity contribution in [3.05, 3.63) is 53.1 Å². The van der Waals surface area contributed by atoms with Crippen molar-refractivity contribution in [2.45, 2.75) is 53.1 Å². The van der Waals surface area contributed by atoms with Crippen LogP contribution in [0.15, 0.2) is 42.0 Å². The van der Waals surface area contributed by atoms with Gasteiger partial charge in [-0.1, -0.05) is 56.2 Å². The first kappa shape index (κ1) is 20.7. The normalized spacial score (nSPS) is 12.3. The van der Waals surface area contributed by atoms with E-state index in [-0.39, 0.29) is 0 Å². The largest absolute Gasteiger partial charge is 0.124 e. The van der Waals surface area contributed by atoms with Crippen molar-refractivity contribution in [3.8, 4) is 12.8 Å². The van der Waals surface area contributed by atoms with Crippen molar-refractivity contribution >= 4 is 14.2 Å². The maximum absolute atomic E-state index is 4.00. The molecule has 1 aromatic carbocycles. The molecule has 0 saturated heterocycles. The Balaban J connectivity index is 0.00000211. The summed E-state index contributed by atoms with van der Waals surface area (Å²) in [7, 11) is 1.08. The Labute approximate surface area is 139 Å². The lowest BCUT2D eigenvalue weighted by Crippen LogP contribution is -1.86. The van der Waals surface area contributed by atoms with E-state index in [0.29, 0.717) is 0 Å². The molecule has 0 N–H and O–H groups in total. The molecule has 0 saturated carbocycles. The second-order valence-electron chi connectivity index (χ2n) is 5.39. The quantitative estimate of drug-likeness (QED) is 0.217. The van der Waals surface area contributed by atoms with Crippen molar-refractivity contribution in [1.29, 1.82) is 0 Å². The summed E-state index contributed by atoms with van der Waals surface area (Å²) in [6, 6.07) is 9.14. The van der Waals surface area contributed by atoms with E-state index in [1.807, 2.05) is 0 Å². The van der Waals surface area contributed by atoms with E-state index in [9.17, 15) is 0 Å². The summed E-state index contributed by atoms with van der Waals surface area (Å²) in [5.41, 5.74) is 5.56. The minimum absolute atomic E-state index is 1.08. The molecule has 0 bridgehead atoms. The van der Waals surface area contributed by atoms with Crippen LogP contribution in [0.5, 0.6) is 0 Å². The Kier molecular flexibility index (Phi) is 12.6. The lowest BCUT2D eigenvalue weighted by molar-refractivity contribution is 0.777. The van der Waals surface area contributed by atoms with Gasteiger partial charge in [-0.05, 0) is 61.8 Å². The summed E-state index contributed by atoms with van der Waals surface area (Å²) in [4.78, 5) is 0. The molecular weight excluding hydrogens is 283 g/mol. The van der Waals surface area contributed by atoms with E-state index in [2.05, 4.69) is 77.0 Å². The Hall–Kier alpha value is -1.31. The maximum atomic E-state index is 4.00. The van der Waals surface area contributed by atoms with Crippen LogP contribution in [-0.2, 0) is 6.16 Å². The van der Waals surface area contributed by atoms with Crippen LogP contribution in [0.25, 0.3) is 5.57 Å². The van der Waals surface area contributed by atoms with Crippen molar-refractivity contribution in [1.82, 2.24) is 0 Å². The Morgan fingerprint density at radius 1 is 1.09 bits per heavy atom. The van der Waals surface area contributed by atoms with Gasteiger partial charge < -0.3 is 0 Å². The van der Waals surface area contributed by atoms with Gasteiger partial charge in [-0.25, -0.2) is 0 Å². The first-order valence-corrected chi connectivity index (χ1v) is 9.54. The van der Waals surface area contributed by atoms with Crippen LogP contribution in [0.2, 0.25) is 0 Å². The molecular formula is C21H31P. The molecule has 0 fully saturated rings. The molecule has 0 aliphatic heterocycles. The molecule has 120 valence electrons. The predicted molar refractivity (Wildman–Crippen MR) is 106 cm³/mol. The topological polar surface area (TPSA) is 0 Å². The summed E-state index contributed by atoms with van der Waals surface area (Å²) in [6.07, 6.45) is 19.0. The van der Waals surface area contributed by atoms with Crippen LogP contribution in [0.1, 0.15) is 58.1 Å². The molecule has 22 heavy (non-hydrogen) atoms. The molecule has 0 aliphatic carbocycles. The third kappa shape index (κ3) is 8.21. The summed E-state index contributed by atoms with van der Waals surface area (Å²) in [5, 5.41) is 0. The van der Waals surface area contributed by atoms with Gasteiger partial charge in [0.1, 0.15) is 0 Å². The smallest absolute Gasteiger partial charge is 0.0101 e. The van der Waals surface area contributed by atoms with Crippen molar-refractivity contribution in [2.75, 3.05) is 6.16 Å². The first-order chi connectivity index (χ1) is 10.7. The zero-order valence-corrected chi connectivity index (χ0v) is 15.7. The number of terminal acetylenes is 1. The minimum atomic E-state index is 1.08. The van der Waals surface area contributed by atoms with E-state index in [1.54, 1.807) is 0 Å². The van der Waals surface area contributed by atoms with Gasteiger partial charge in [0.05, 0.1) is 0 Å². The highest BCUT2D eigenvalue weighted by Gasteiger charge is 1.99. The van der Waals surface area contributed by atoms with Crippen molar-refractivity contribution < 1.29 is 0 Å². The van der Waals surface area contributed by atoms with Gasteiger partial charge in [-0.2, -0.15) is 0 Å². The Morgan fingerprint density at radius 3 is 2.27 bits per heavy atom. The summed E-state index contributed by atoms with van der Waals surface area (Å²) in [5.74, 6) is 0. The lowest BCUT2D eigenvalue weighted by atomic mass is 10.0. The third-order valence-electron chi connectivity index (χ3n) is 3.68. The number of rotatable bonds is 8. The van der Waals surface area contributed by atoms with Gasteiger partial charge in [0.25, 0.3) is 0 Å². The highest BCUT2D eigenvalue weighted by molar-refractivity contribution is 7.37. The van der Waals surface area contributed by atoms with Crippen molar-refractivity contribution in [2.24, 2.45) is 0 Å². The minimum Gasteiger partial charge on any atom is -0.124 e. The molecule has 1 aromatic rings. The van der Waals surface area contributed by atoms with E-state index in [4.69, 9.17) is 0 Å². The van der Waals surface area contributed by atoms with Gasteiger partial charge in [0.2, 0.25) is 0 Å². The SMILES string of the molecule is C#C.C/C=C\C(C)=C(/C)c1ccc(CPCCCCC)cc1. The van der Waals surface area contributed by atoms with Crippen LogP contribution in [-0.4, -0.2) is 6.16 Å². The van der Waals surface area contributed by atoms with E-state index < -0.39 is 0 Å². The standard InChI is InChI=1S/C19H29P.C2H2/c1-5-7-8-14-20-15-18-10-12-19(13-11-18)17(4)16(3)9-6-2;1-2/h6,9-13,20H,5,7-8,14-15H2,1-4H3;1-2H/b9-6-,17-16+;.